The molecule has 4 rings (SSSR count). The van der Waals surface area contributed by atoms with E-state index in [1.165, 1.54) is 0 Å². The Kier molecular flexibility index (Phi) is 5.62. The molecule has 0 aliphatic heterocycles. The molecule has 4 aromatic rings. The molecule has 0 unspecified atom stereocenters. The summed E-state index contributed by atoms with van der Waals surface area (Å²) < 4.78 is 13.7. The molecule has 0 spiro atoms. The first-order valence-electron chi connectivity index (χ1n) is 9.58. The predicted octanol–water partition coefficient (Wildman–Crippen LogP) is 2.99. The lowest BCUT2D eigenvalue weighted by Gasteiger charge is -2.07. The van der Waals surface area contributed by atoms with Gasteiger partial charge in [-0.05, 0) is 36.3 Å². The van der Waals surface area contributed by atoms with Gasteiger partial charge < -0.3 is 5.32 Å². The Hall–Kier alpha value is -4.19. The van der Waals surface area contributed by atoms with Crippen LogP contribution in [0.4, 0.5) is 10.3 Å². The van der Waals surface area contributed by atoms with Crippen molar-refractivity contribution in [3.8, 4) is 23.4 Å². The van der Waals surface area contributed by atoms with Gasteiger partial charge in [0.2, 0.25) is 11.9 Å². The molecule has 0 fully saturated rings. The second-order valence-corrected chi connectivity index (χ2v) is 7.03. The number of hydrogen-bond acceptors (Lipinski definition) is 7. The summed E-state index contributed by atoms with van der Waals surface area (Å²) in [6, 6.07) is 8.48. The van der Waals surface area contributed by atoms with Crippen molar-refractivity contribution in [1.82, 2.24) is 30.1 Å². The number of ketones is 1. The van der Waals surface area contributed by atoms with Crippen molar-refractivity contribution in [3.63, 3.8) is 0 Å². The van der Waals surface area contributed by atoms with Crippen LogP contribution in [-0.4, -0.2) is 42.5 Å². The number of hydrogen-bond donors (Lipinski definition) is 2. The highest BCUT2D eigenvalue weighted by Gasteiger charge is 2.10. The Morgan fingerprint density at radius 2 is 1.97 bits per heavy atom. The SMILES string of the molecule is CC(C)C(=O)CNc1nccc(-c2nccc(C#Cc3ccc4[nH]nc(F)c4c3)n2)n1. The quantitative estimate of drug-likeness (QED) is 0.482. The summed E-state index contributed by atoms with van der Waals surface area (Å²) in [5.74, 6) is 6.06. The largest absolute Gasteiger partial charge is 0.347 e. The number of rotatable bonds is 5. The molecule has 3 heterocycles. The zero-order chi connectivity index (χ0) is 21.8. The zero-order valence-electron chi connectivity index (χ0n) is 16.8. The van der Waals surface area contributed by atoms with E-state index in [4.69, 9.17) is 0 Å². The molecule has 0 bridgehead atoms. The molecule has 31 heavy (non-hydrogen) atoms. The summed E-state index contributed by atoms with van der Waals surface area (Å²) in [7, 11) is 0. The molecule has 0 aliphatic rings. The number of nitrogens with zero attached hydrogens (tertiary/aromatic N) is 5. The Morgan fingerprint density at radius 3 is 2.81 bits per heavy atom. The Morgan fingerprint density at radius 1 is 1.13 bits per heavy atom. The molecule has 8 nitrogen and oxygen atoms in total. The molecule has 0 atom stereocenters. The van der Waals surface area contributed by atoms with Gasteiger partial charge in [0, 0.05) is 23.9 Å². The van der Waals surface area contributed by atoms with Crippen molar-refractivity contribution < 1.29 is 9.18 Å². The van der Waals surface area contributed by atoms with Crippen molar-refractivity contribution in [2.45, 2.75) is 13.8 Å². The highest BCUT2D eigenvalue weighted by Crippen LogP contribution is 2.16. The minimum atomic E-state index is -0.564. The standard InChI is InChI=1S/C22H18FN7O/c1-13(2)19(31)12-26-22-25-10-8-18(28-22)21-24-9-7-15(27-21)5-3-14-4-6-17-16(11-14)20(23)30-29-17/h4,6-11,13H,12H2,1-2H3,(H,29,30)(H,25,26,28). The summed E-state index contributed by atoms with van der Waals surface area (Å²) >= 11 is 0. The molecule has 2 N–H and O–H groups in total. The molecule has 0 amide bonds. The number of nitrogens with one attached hydrogen (secondary N) is 2. The van der Waals surface area contributed by atoms with Crippen LogP contribution in [0.25, 0.3) is 22.4 Å². The average molecular weight is 415 g/mol. The van der Waals surface area contributed by atoms with Crippen LogP contribution < -0.4 is 5.32 Å². The number of carbonyl (C=O) groups is 1. The van der Waals surface area contributed by atoms with E-state index in [2.05, 4.69) is 47.3 Å². The van der Waals surface area contributed by atoms with Gasteiger partial charge in [-0.3, -0.25) is 9.89 Å². The first kappa shape index (κ1) is 20.1. The number of anilines is 1. The van der Waals surface area contributed by atoms with Gasteiger partial charge in [0.05, 0.1) is 17.4 Å². The van der Waals surface area contributed by atoms with Crippen molar-refractivity contribution in [2.75, 3.05) is 11.9 Å². The van der Waals surface area contributed by atoms with Crippen LogP contribution in [0.2, 0.25) is 0 Å². The van der Waals surface area contributed by atoms with E-state index in [1.807, 2.05) is 13.8 Å². The Bertz CT molecular complexity index is 1320. The Balaban J connectivity index is 1.55. The first-order valence-corrected chi connectivity index (χ1v) is 9.58. The highest BCUT2D eigenvalue weighted by molar-refractivity contribution is 5.84. The zero-order valence-corrected chi connectivity index (χ0v) is 16.8. The predicted molar refractivity (Wildman–Crippen MR) is 113 cm³/mol. The minimum absolute atomic E-state index is 0.0658. The molecule has 154 valence electrons. The normalized spacial score (nSPS) is 10.7. The lowest BCUT2D eigenvalue weighted by molar-refractivity contribution is -0.120. The molecule has 1 aromatic carbocycles. The number of H-pyrrole nitrogens is 1. The molecule has 0 saturated heterocycles. The first-order chi connectivity index (χ1) is 15.0. The molecule has 0 aliphatic carbocycles. The minimum Gasteiger partial charge on any atom is -0.347 e. The summed E-state index contributed by atoms with van der Waals surface area (Å²) in [4.78, 5) is 29.0. The number of benzene rings is 1. The summed E-state index contributed by atoms with van der Waals surface area (Å²) in [6.45, 7) is 3.83. The number of fused-ring (bicyclic) bond motifs is 1. The molecular weight excluding hydrogens is 397 g/mol. The molecule has 3 aromatic heterocycles. The summed E-state index contributed by atoms with van der Waals surface area (Å²) in [6.07, 6.45) is 3.16. The van der Waals surface area contributed by atoms with Crippen LogP contribution in [0.15, 0.2) is 42.7 Å². The van der Waals surface area contributed by atoms with E-state index >= 15 is 0 Å². The van der Waals surface area contributed by atoms with Crippen LogP contribution in [0.3, 0.4) is 0 Å². The van der Waals surface area contributed by atoms with E-state index in [0.29, 0.717) is 39.6 Å². The lowest BCUT2D eigenvalue weighted by atomic mass is 10.1. The van der Waals surface area contributed by atoms with Crippen molar-refractivity contribution in [2.24, 2.45) is 5.92 Å². The molecule has 9 heteroatoms. The van der Waals surface area contributed by atoms with Crippen LogP contribution in [0.5, 0.6) is 0 Å². The second-order valence-electron chi connectivity index (χ2n) is 7.03. The fourth-order valence-electron chi connectivity index (χ4n) is 2.69. The smallest absolute Gasteiger partial charge is 0.240 e. The van der Waals surface area contributed by atoms with Crippen molar-refractivity contribution >= 4 is 22.6 Å². The van der Waals surface area contributed by atoms with E-state index in [1.54, 1.807) is 42.7 Å². The van der Waals surface area contributed by atoms with E-state index < -0.39 is 5.95 Å². The van der Waals surface area contributed by atoms with Crippen LogP contribution in [0.1, 0.15) is 25.1 Å². The topological polar surface area (TPSA) is 109 Å². The monoisotopic (exact) mass is 415 g/mol. The third kappa shape index (κ3) is 4.70. The number of carbonyl (C=O) groups excluding carboxylic acids is 1. The van der Waals surface area contributed by atoms with Crippen molar-refractivity contribution in [3.05, 3.63) is 59.9 Å². The summed E-state index contributed by atoms with van der Waals surface area (Å²) in [5, 5.41) is 9.45. The van der Waals surface area contributed by atoms with Gasteiger partial charge in [0.25, 0.3) is 0 Å². The molecular formula is C22H18FN7O. The average Bonchev–Trinajstić information content (AvgIpc) is 3.16. The maximum absolute atomic E-state index is 13.7. The molecule has 0 saturated carbocycles. The van der Waals surface area contributed by atoms with E-state index in [-0.39, 0.29) is 18.2 Å². The van der Waals surface area contributed by atoms with Crippen LogP contribution >= 0.6 is 0 Å². The number of aromatic nitrogens is 6. The maximum atomic E-state index is 13.7. The highest BCUT2D eigenvalue weighted by atomic mass is 19.1. The van der Waals surface area contributed by atoms with Gasteiger partial charge in [0.15, 0.2) is 11.6 Å². The van der Waals surface area contributed by atoms with Gasteiger partial charge in [-0.25, -0.2) is 19.9 Å². The molecule has 0 radical (unpaired) electrons. The Labute approximate surface area is 177 Å². The van der Waals surface area contributed by atoms with Gasteiger partial charge in [-0.15, -0.1) is 5.10 Å². The van der Waals surface area contributed by atoms with Gasteiger partial charge in [-0.2, -0.15) is 4.39 Å². The second kappa shape index (κ2) is 8.67. The number of aromatic amines is 1. The fraction of sp³-hybridized carbons (Fsp3) is 0.182. The number of halogens is 1. The third-order valence-electron chi connectivity index (χ3n) is 4.46. The third-order valence-corrected chi connectivity index (χ3v) is 4.46. The fourth-order valence-corrected chi connectivity index (χ4v) is 2.69. The van der Waals surface area contributed by atoms with Gasteiger partial charge in [-0.1, -0.05) is 19.8 Å². The van der Waals surface area contributed by atoms with Crippen LogP contribution in [-0.2, 0) is 4.79 Å². The van der Waals surface area contributed by atoms with Gasteiger partial charge in [0.1, 0.15) is 11.4 Å². The van der Waals surface area contributed by atoms with Gasteiger partial charge >= 0.3 is 0 Å². The van der Waals surface area contributed by atoms with E-state index in [9.17, 15) is 9.18 Å². The van der Waals surface area contributed by atoms with E-state index in [0.717, 1.165) is 0 Å². The van der Waals surface area contributed by atoms with Crippen LogP contribution in [0, 0.1) is 23.7 Å². The number of Topliss-reactive ketones (excluding diaryl/α,β-unsaturated/α-hetero) is 1. The van der Waals surface area contributed by atoms with Crippen molar-refractivity contribution in [1.29, 1.82) is 0 Å². The maximum Gasteiger partial charge on any atom is 0.240 e. The lowest BCUT2D eigenvalue weighted by Crippen LogP contribution is -2.19. The summed E-state index contributed by atoms with van der Waals surface area (Å²) in [5.41, 5.74) is 2.23.